The van der Waals surface area contributed by atoms with Crippen molar-refractivity contribution in [2.75, 3.05) is 0 Å². The summed E-state index contributed by atoms with van der Waals surface area (Å²) in [5.41, 5.74) is 1.56. The third-order valence-corrected chi connectivity index (χ3v) is 4.55. The Kier molecular flexibility index (Phi) is 13.4. The summed E-state index contributed by atoms with van der Waals surface area (Å²) in [6.45, 7) is 0. The van der Waals surface area contributed by atoms with Gasteiger partial charge in [-0.05, 0) is 48.5 Å². The molecule has 39 heavy (non-hydrogen) atoms. The molecular weight excluding hydrogens is 597 g/mol. The average molecular weight is 620 g/mol. The molecule has 0 saturated heterocycles. The predicted octanol–water partition coefficient (Wildman–Crippen LogP) is 3.98. The van der Waals surface area contributed by atoms with E-state index in [9.17, 15) is 19.2 Å². The van der Waals surface area contributed by atoms with Crippen LogP contribution in [0, 0.1) is 14.9 Å². The van der Waals surface area contributed by atoms with Crippen LogP contribution < -0.4 is 0 Å². The van der Waals surface area contributed by atoms with Crippen molar-refractivity contribution in [1.29, 1.82) is 0 Å². The second-order valence-corrected chi connectivity index (χ2v) is 6.94. The maximum Gasteiger partial charge on any atom is 2.00 e. The zero-order valence-electron chi connectivity index (χ0n) is 20.5. The molecule has 4 N–H and O–H groups in total. The molecule has 0 unspecified atom stereocenters. The van der Waals surface area contributed by atoms with Gasteiger partial charge in [0.15, 0.2) is 0 Å². The first kappa shape index (κ1) is 34.1. The van der Waals surface area contributed by atoms with Gasteiger partial charge in [0.2, 0.25) is 0 Å². The molecule has 0 saturated carbocycles. The zero-order chi connectivity index (χ0) is 26.2. The van der Waals surface area contributed by atoms with E-state index in [-0.39, 0.29) is 56.6 Å². The van der Waals surface area contributed by atoms with Gasteiger partial charge in [0.25, 0.3) is 0 Å². The van der Waals surface area contributed by atoms with Gasteiger partial charge in [0.05, 0.1) is 45.0 Å². The van der Waals surface area contributed by atoms with Crippen LogP contribution in [0.3, 0.4) is 0 Å². The first-order chi connectivity index (χ1) is 17.2. The van der Waals surface area contributed by atoms with E-state index in [1.165, 1.54) is 73.3 Å². The zero-order valence-corrected chi connectivity index (χ0v) is 22.2. The van der Waals surface area contributed by atoms with E-state index < -0.39 is 23.9 Å². The number of carbonyl (C=O) groups is 4. The van der Waals surface area contributed by atoms with Crippen LogP contribution in [-0.4, -0.2) is 64.2 Å². The van der Waals surface area contributed by atoms with Gasteiger partial charge in [-0.2, -0.15) is 0 Å². The number of pyridine rings is 4. The van der Waals surface area contributed by atoms with Crippen molar-refractivity contribution in [2.24, 2.45) is 0 Å². The van der Waals surface area contributed by atoms with E-state index >= 15 is 0 Å². The molecule has 0 aliphatic heterocycles. The number of carboxylic acid groups (broad SMARTS) is 4. The molecule has 0 aliphatic rings. The smallest absolute Gasteiger partial charge is 0.478 e. The van der Waals surface area contributed by atoms with E-state index in [1.807, 2.05) is 0 Å². The average Bonchev–Trinajstić information content (AvgIpc) is 2.89. The Morgan fingerprint density at radius 1 is 0.436 bits per heavy atom. The number of rotatable bonds is 6. The Morgan fingerprint density at radius 3 is 0.769 bits per heavy atom. The van der Waals surface area contributed by atoms with E-state index in [4.69, 9.17) is 20.4 Å². The molecule has 4 heterocycles. The van der Waals surface area contributed by atoms with Gasteiger partial charge < -0.3 is 35.3 Å². The molecule has 0 fully saturated rings. The van der Waals surface area contributed by atoms with Crippen LogP contribution in [0.2, 0.25) is 0 Å². The fourth-order valence-corrected chi connectivity index (χ4v) is 2.81. The Morgan fingerprint density at radius 2 is 0.615 bits per heavy atom. The van der Waals surface area contributed by atoms with Gasteiger partial charge in [-0.3, -0.25) is 19.9 Å². The molecule has 4 aromatic heterocycles. The Labute approximate surface area is 235 Å². The molecule has 13 heteroatoms. The largest absolute Gasteiger partial charge is 2.00 e. The molecule has 4 rings (SSSR count). The van der Waals surface area contributed by atoms with Crippen LogP contribution in [0.25, 0.3) is 22.8 Å². The molecule has 0 amide bonds. The summed E-state index contributed by atoms with van der Waals surface area (Å²) < 4.78 is 0. The molecule has 0 atom stereocenters. The van der Waals surface area contributed by atoms with Crippen molar-refractivity contribution in [3.8, 4) is 22.8 Å². The molecule has 0 aromatic carbocycles. The molecule has 12 nitrogen and oxygen atoms in total. The number of hydrogen-bond donors (Lipinski definition) is 4. The maximum absolute atomic E-state index is 10.8. The minimum Gasteiger partial charge on any atom is -0.478 e. The predicted molar refractivity (Wildman–Crippen MR) is 136 cm³/mol. The summed E-state index contributed by atoms with van der Waals surface area (Å²) in [7, 11) is 0. The van der Waals surface area contributed by atoms with Gasteiger partial charge in [-0.15, -0.1) is 0 Å². The third kappa shape index (κ3) is 9.17. The van der Waals surface area contributed by atoms with Crippen molar-refractivity contribution in [3.05, 3.63) is 110 Å². The van der Waals surface area contributed by atoms with Crippen LogP contribution in [0.4, 0.5) is 0 Å². The number of hydrogen-bond acceptors (Lipinski definition) is 8. The van der Waals surface area contributed by atoms with Crippen LogP contribution in [-0.2, 0) is 19.5 Å². The SMILES string of the molecule is O=C(O)c1ccnc(-c2cc(C(=O)O)ccn2)c1.O=C(O)c1ccnc(-c2cc(C(=O)O)ccn2)c1.[CH3-].[CH3-].[Ru+2]. The quantitative estimate of drug-likeness (QED) is 0.179. The van der Waals surface area contributed by atoms with Crippen LogP contribution in [0.15, 0.2) is 73.3 Å². The van der Waals surface area contributed by atoms with Gasteiger partial charge in [-0.1, -0.05) is 0 Å². The van der Waals surface area contributed by atoms with Gasteiger partial charge in [-0.25, -0.2) is 19.2 Å². The van der Waals surface area contributed by atoms with Crippen molar-refractivity contribution >= 4 is 23.9 Å². The van der Waals surface area contributed by atoms with Crippen molar-refractivity contribution < 1.29 is 59.1 Å². The Balaban J connectivity index is 0.000000688. The maximum atomic E-state index is 10.8. The number of carboxylic acids is 4. The number of aromatic nitrogens is 4. The molecule has 0 bridgehead atoms. The topological polar surface area (TPSA) is 201 Å². The Bertz CT molecular complexity index is 1260. The fourth-order valence-electron chi connectivity index (χ4n) is 2.81. The standard InChI is InChI=1S/2C12H8N2O4.2CH3.Ru/c2*15-11(16)7-1-3-13-9(5-7)10-6-8(12(17)18)2-4-14-10;;;/h2*1-6H,(H,15,16)(H,17,18);2*1H3;/q;;2*-1;+2. The monoisotopic (exact) mass is 620 g/mol. The van der Waals surface area contributed by atoms with Crippen molar-refractivity contribution in [2.45, 2.75) is 0 Å². The van der Waals surface area contributed by atoms with E-state index in [0.717, 1.165) is 0 Å². The summed E-state index contributed by atoms with van der Waals surface area (Å²) in [5.74, 6) is -4.30. The van der Waals surface area contributed by atoms with E-state index in [1.54, 1.807) is 0 Å². The van der Waals surface area contributed by atoms with Crippen LogP contribution in [0.5, 0.6) is 0 Å². The molecule has 202 valence electrons. The molecule has 0 spiro atoms. The minimum absolute atomic E-state index is 0. The van der Waals surface area contributed by atoms with Gasteiger partial charge in [0, 0.05) is 24.8 Å². The third-order valence-electron chi connectivity index (χ3n) is 4.55. The minimum atomic E-state index is -1.08. The van der Waals surface area contributed by atoms with Crippen molar-refractivity contribution in [1.82, 2.24) is 19.9 Å². The van der Waals surface area contributed by atoms with Gasteiger partial charge in [0.1, 0.15) is 0 Å². The van der Waals surface area contributed by atoms with E-state index in [2.05, 4.69) is 19.9 Å². The molecule has 0 radical (unpaired) electrons. The van der Waals surface area contributed by atoms with Crippen molar-refractivity contribution in [3.63, 3.8) is 0 Å². The second-order valence-electron chi connectivity index (χ2n) is 6.94. The summed E-state index contributed by atoms with van der Waals surface area (Å²) in [6, 6.07) is 10.8. The fraction of sp³-hybridized carbons (Fsp3) is 0. The molecule has 0 aliphatic carbocycles. The first-order valence-electron chi connectivity index (χ1n) is 9.94. The summed E-state index contributed by atoms with van der Waals surface area (Å²) in [5, 5.41) is 35.4. The van der Waals surface area contributed by atoms with Gasteiger partial charge >= 0.3 is 43.4 Å². The molecular formula is C26H22N4O8Ru. The summed E-state index contributed by atoms with van der Waals surface area (Å²) in [6.07, 6.45) is 5.36. The second kappa shape index (κ2) is 15.4. The number of aromatic carboxylic acids is 4. The number of nitrogens with zero attached hydrogens (tertiary/aromatic N) is 4. The van der Waals surface area contributed by atoms with Crippen LogP contribution >= 0.6 is 0 Å². The molecule has 4 aromatic rings. The normalized spacial score (nSPS) is 9.23. The first-order valence-corrected chi connectivity index (χ1v) is 9.94. The summed E-state index contributed by atoms with van der Waals surface area (Å²) >= 11 is 0. The Hall–Kier alpha value is -4.90. The summed E-state index contributed by atoms with van der Waals surface area (Å²) in [4.78, 5) is 59.2. The van der Waals surface area contributed by atoms with E-state index in [0.29, 0.717) is 22.8 Å². The van der Waals surface area contributed by atoms with Crippen LogP contribution in [0.1, 0.15) is 41.4 Å².